The fourth-order valence-corrected chi connectivity index (χ4v) is 2.25. The van der Waals surface area contributed by atoms with E-state index in [1.54, 1.807) is 13.0 Å². The minimum atomic E-state index is -1.03. The zero-order valence-electron chi connectivity index (χ0n) is 10.4. The van der Waals surface area contributed by atoms with Crippen molar-refractivity contribution in [1.82, 2.24) is 9.78 Å². The van der Waals surface area contributed by atoms with E-state index in [1.807, 2.05) is 0 Å². The lowest BCUT2D eigenvalue weighted by Crippen LogP contribution is -2.02. The van der Waals surface area contributed by atoms with Crippen LogP contribution in [0.15, 0.2) is 28.9 Å². The molecule has 0 atom stereocenters. The average Bonchev–Trinajstić information content (AvgIpc) is 2.73. The van der Waals surface area contributed by atoms with Gasteiger partial charge in [0.05, 0.1) is 17.2 Å². The maximum Gasteiger partial charge on any atom is 0.339 e. The summed E-state index contributed by atoms with van der Waals surface area (Å²) < 4.78 is 2.07. The van der Waals surface area contributed by atoms with Gasteiger partial charge in [-0.2, -0.15) is 5.10 Å². The van der Waals surface area contributed by atoms with Gasteiger partial charge in [-0.15, -0.1) is 0 Å². The highest BCUT2D eigenvalue weighted by Gasteiger charge is 2.14. The van der Waals surface area contributed by atoms with Gasteiger partial charge in [0.25, 0.3) is 5.69 Å². The van der Waals surface area contributed by atoms with Crippen molar-refractivity contribution in [3.8, 4) is 0 Å². The molecule has 1 aromatic heterocycles. The van der Waals surface area contributed by atoms with E-state index >= 15 is 0 Å². The lowest BCUT2D eigenvalue weighted by Gasteiger charge is -2.04. The third-order valence-corrected chi connectivity index (χ3v) is 3.49. The van der Waals surface area contributed by atoms with Gasteiger partial charge in [0.2, 0.25) is 0 Å². The Hall–Kier alpha value is -2.22. The van der Waals surface area contributed by atoms with Crippen LogP contribution in [-0.4, -0.2) is 25.8 Å². The Morgan fingerprint density at radius 1 is 1.55 bits per heavy atom. The number of aryl methyl sites for hydroxylation is 1. The largest absolute Gasteiger partial charge is 0.478 e. The van der Waals surface area contributed by atoms with E-state index < -0.39 is 10.9 Å². The molecule has 0 radical (unpaired) electrons. The molecule has 1 N–H and O–H groups in total. The second-order valence-electron chi connectivity index (χ2n) is 4.16. The quantitative estimate of drug-likeness (QED) is 0.681. The van der Waals surface area contributed by atoms with E-state index in [1.165, 1.54) is 23.0 Å². The van der Waals surface area contributed by atoms with Crippen LogP contribution in [0.2, 0.25) is 0 Å². The standard InChI is InChI=1S/C12H10BrN3O4/c1-7-10(12(17)18)6-15(14-7)5-8-2-3-9(16(19)20)4-11(8)13/h2-4,6H,5H2,1H3,(H,17,18). The van der Waals surface area contributed by atoms with Gasteiger partial charge >= 0.3 is 5.97 Å². The maximum absolute atomic E-state index is 10.9. The zero-order valence-corrected chi connectivity index (χ0v) is 12.0. The summed E-state index contributed by atoms with van der Waals surface area (Å²) in [6, 6.07) is 4.41. The normalized spacial score (nSPS) is 10.5. The second kappa shape index (κ2) is 5.41. The Labute approximate surface area is 122 Å². The number of aromatic nitrogens is 2. The number of nitrogens with zero attached hydrogens (tertiary/aromatic N) is 3. The molecule has 0 unspecified atom stereocenters. The van der Waals surface area contributed by atoms with Gasteiger partial charge in [0, 0.05) is 22.8 Å². The Morgan fingerprint density at radius 3 is 2.75 bits per heavy atom. The molecule has 8 heteroatoms. The maximum atomic E-state index is 10.9. The van der Waals surface area contributed by atoms with Crippen LogP contribution in [0, 0.1) is 17.0 Å². The van der Waals surface area contributed by atoms with Gasteiger partial charge in [-0.1, -0.05) is 15.9 Å². The first-order valence-electron chi connectivity index (χ1n) is 5.58. The Balaban J connectivity index is 2.28. The zero-order chi connectivity index (χ0) is 14.9. The molecule has 20 heavy (non-hydrogen) atoms. The number of aromatic carboxylic acids is 1. The number of carboxylic acid groups (broad SMARTS) is 1. The highest BCUT2D eigenvalue weighted by atomic mass is 79.9. The molecular formula is C12H10BrN3O4. The molecule has 1 heterocycles. The summed E-state index contributed by atoms with van der Waals surface area (Å²) in [6.45, 7) is 1.94. The SMILES string of the molecule is Cc1nn(Cc2ccc([N+](=O)[O-])cc2Br)cc1C(=O)O. The molecule has 0 aliphatic rings. The number of carboxylic acids is 1. The van der Waals surface area contributed by atoms with Crippen molar-refractivity contribution in [2.45, 2.75) is 13.5 Å². The van der Waals surface area contributed by atoms with Crippen molar-refractivity contribution in [2.24, 2.45) is 0 Å². The molecule has 0 aliphatic carbocycles. The smallest absolute Gasteiger partial charge is 0.339 e. The van der Waals surface area contributed by atoms with Crippen molar-refractivity contribution >= 4 is 27.6 Å². The first-order valence-corrected chi connectivity index (χ1v) is 6.38. The Kier molecular flexibility index (Phi) is 3.84. The minimum absolute atomic E-state index is 0.0107. The van der Waals surface area contributed by atoms with E-state index in [0.717, 1.165) is 5.56 Å². The molecule has 1 aromatic carbocycles. The highest BCUT2D eigenvalue weighted by molar-refractivity contribution is 9.10. The van der Waals surface area contributed by atoms with Gasteiger partial charge in [-0.25, -0.2) is 4.79 Å². The monoisotopic (exact) mass is 339 g/mol. The van der Waals surface area contributed by atoms with Gasteiger partial charge < -0.3 is 5.11 Å². The second-order valence-corrected chi connectivity index (χ2v) is 5.02. The van der Waals surface area contributed by atoms with E-state index in [2.05, 4.69) is 21.0 Å². The number of halogens is 1. The predicted octanol–water partition coefficient (Wildman–Crippen LogP) is 2.61. The summed E-state index contributed by atoms with van der Waals surface area (Å²) in [7, 11) is 0. The van der Waals surface area contributed by atoms with Crippen LogP contribution in [-0.2, 0) is 6.54 Å². The fraction of sp³-hybridized carbons (Fsp3) is 0.167. The summed E-state index contributed by atoms with van der Waals surface area (Å²) in [5.74, 6) is -1.03. The number of nitro benzene ring substituents is 1. The van der Waals surface area contributed by atoms with Crippen molar-refractivity contribution in [3.63, 3.8) is 0 Å². The summed E-state index contributed by atoms with van der Waals surface area (Å²) in [5, 5.41) is 23.7. The van der Waals surface area contributed by atoms with Crippen LogP contribution >= 0.6 is 15.9 Å². The summed E-state index contributed by atoms with van der Waals surface area (Å²) >= 11 is 3.27. The predicted molar refractivity (Wildman–Crippen MR) is 73.8 cm³/mol. The average molecular weight is 340 g/mol. The third kappa shape index (κ3) is 2.85. The summed E-state index contributed by atoms with van der Waals surface area (Å²) in [4.78, 5) is 21.1. The summed E-state index contributed by atoms with van der Waals surface area (Å²) in [5.41, 5.74) is 1.33. The van der Waals surface area contributed by atoms with Gasteiger partial charge in [0.15, 0.2) is 0 Å². The Morgan fingerprint density at radius 2 is 2.25 bits per heavy atom. The molecule has 0 saturated carbocycles. The van der Waals surface area contributed by atoms with Crippen LogP contribution < -0.4 is 0 Å². The lowest BCUT2D eigenvalue weighted by molar-refractivity contribution is -0.384. The van der Waals surface area contributed by atoms with Gasteiger partial charge in [-0.3, -0.25) is 14.8 Å². The molecule has 0 amide bonds. The van der Waals surface area contributed by atoms with Crippen LogP contribution in [0.3, 0.4) is 0 Å². The minimum Gasteiger partial charge on any atom is -0.478 e. The molecule has 0 bridgehead atoms. The van der Waals surface area contributed by atoms with Crippen LogP contribution in [0.25, 0.3) is 0 Å². The molecule has 2 rings (SSSR count). The van der Waals surface area contributed by atoms with E-state index in [9.17, 15) is 14.9 Å². The molecular weight excluding hydrogens is 330 g/mol. The Bertz CT molecular complexity index is 696. The number of benzene rings is 1. The molecule has 2 aromatic rings. The van der Waals surface area contributed by atoms with E-state index in [0.29, 0.717) is 16.7 Å². The first kappa shape index (κ1) is 14.2. The number of non-ortho nitro benzene ring substituents is 1. The van der Waals surface area contributed by atoms with Crippen LogP contribution in [0.5, 0.6) is 0 Å². The molecule has 0 fully saturated rings. The summed E-state index contributed by atoms with van der Waals surface area (Å²) in [6.07, 6.45) is 1.44. The molecule has 104 valence electrons. The fourth-order valence-electron chi connectivity index (χ4n) is 1.76. The molecule has 0 saturated heterocycles. The number of nitro groups is 1. The highest BCUT2D eigenvalue weighted by Crippen LogP contribution is 2.23. The topological polar surface area (TPSA) is 98.3 Å². The van der Waals surface area contributed by atoms with Crippen LogP contribution in [0.1, 0.15) is 21.6 Å². The number of hydrogen-bond donors (Lipinski definition) is 1. The number of rotatable bonds is 4. The van der Waals surface area contributed by atoms with E-state index in [-0.39, 0.29) is 11.3 Å². The van der Waals surface area contributed by atoms with Gasteiger partial charge in [-0.05, 0) is 18.6 Å². The number of carbonyl (C=O) groups is 1. The van der Waals surface area contributed by atoms with Crippen molar-refractivity contribution in [2.75, 3.05) is 0 Å². The molecule has 0 spiro atoms. The molecule has 7 nitrogen and oxygen atoms in total. The van der Waals surface area contributed by atoms with Crippen molar-refractivity contribution in [1.29, 1.82) is 0 Å². The van der Waals surface area contributed by atoms with Crippen LogP contribution in [0.4, 0.5) is 5.69 Å². The van der Waals surface area contributed by atoms with E-state index in [4.69, 9.17) is 5.11 Å². The van der Waals surface area contributed by atoms with Crippen molar-refractivity contribution < 1.29 is 14.8 Å². The lowest BCUT2D eigenvalue weighted by atomic mass is 10.2. The third-order valence-electron chi connectivity index (χ3n) is 2.76. The van der Waals surface area contributed by atoms with Gasteiger partial charge in [0.1, 0.15) is 5.56 Å². The number of hydrogen-bond acceptors (Lipinski definition) is 4. The first-order chi connectivity index (χ1) is 9.38. The molecule has 0 aliphatic heterocycles. The van der Waals surface area contributed by atoms with Crippen molar-refractivity contribution in [3.05, 3.63) is 55.8 Å².